The fourth-order valence-corrected chi connectivity index (χ4v) is 3.56. The summed E-state index contributed by atoms with van der Waals surface area (Å²) in [7, 11) is 4.18. The summed E-state index contributed by atoms with van der Waals surface area (Å²) in [5.74, 6) is 0.574. The van der Waals surface area contributed by atoms with Crippen LogP contribution in [0.25, 0.3) is 17.0 Å². The molecule has 31 heavy (non-hydrogen) atoms. The van der Waals surface area contributed by atoms with Crippen LogP contribution in [0.1, 0.15) is 21.6 Å². The molecular weight excluding hydrogens is 400 g/mol. The van der Waals surface area contributed by atoms with Gasteiger partial charge in [0, 0.05) is 17.0 Å². The summed E-state index contributed by atoms with van der Waals surface area (Å²) in [5.41, 5.74) is 3.19. The Morgan fingerprint density at radius 3 is 2.52 bits per heavy atom. The first-order valence-corrected chi connectivity index (χ1v) is 9.60. The number of ether oxygens (including phenoxy) is 4. The van der Waals surface area contributed by atoms with Gasteiger partial charge in [0.1, 0.15) is 23.8 Å². The van der Waals surface area contributed by atoms with E-state index in [4.69, 9.17) is 18.9 Å². The lowest BCUT2D eigenvalue weighted by Gasteiger charge is -2.28. The first kappa shape index (κ1) is 20.3. The van der Waals surface area contributed by atoms with E-state index in [1.807, 2.05) is 36.4 Å². The molecule has 0 aliphatic carbocycles. The van der Waals surface area contributed by atoms with E-state index in [0.29, 0.717) is 40.3 Å². The maximum atomic E-state index is 12.5. The van der Waals surface area contributed by atoms with Crippen molar-refractivity contribution in [1.82, 2.24) is 4.98 Å². The van der Waals surface area contributed by atoms with Crippen LogP contribution in [0.15, 0.2) is 48.2 Å². The van der Waals surface area contributed by atoms with Gasteiger partial charge < -0.3 is 23.9 Å². The summed E-state index contributed by atoms with van der Waals surface area (Å²) < 4.78 is 21.3. The fraction of sp³-hybridized carbons (Fsp3) is 0.217. The second kappa shape index (κ2) is 8.43. The number of hydrogen-bond donors (Lipinski definition) is 1. The number of nitrogens with one attached hydrogen (secondary N) is 1. The van der Waals surface area contributed by atoms with Crippen molar-refractivity contribution in [2.24, 2.45) is 0 Å². The number of anilines is 1. The zero-order valence-electron chi connectivity index (χ0n) is 17.4. The third kappa shape index (κ3) is 3.79. The summed E-state index contributed by atoms with van der Waals surface area (Å²) in [6.45, 7) is 0.534. The number of fused-ring (bicyclic) bond motifs is 3. The number of aromatic amines is 1. The quantitative estimate of drug-likeness (QED) is 0.623. The molecule has 0 saturated carbocycles. The number of hydrogen-bond acceptors (Lipinski definition) is 6. The maximum absolute atomic E-state index is 12.5. The molecule has 160 valence electrons. The Labute approximate surface area is 179 Å². The molecule has 4 rings (SSSR count). The van der Waals surface area contributed by atoms with Crippen molar-refractivity contribution < 1.29 is 28.5 Å². The Kier molecular flexibility index (Phi) is 5.53. The molecule has 0 saturated heterocycles. The van der Waals surface area contributed by atoms with Gasteiger partial charge in [-0.2, -0.15) is 0 Å². The molecule has 0 unspecified atom stereocenters. The minimum atomic E-state index is -0.527. The summed E-state index contributed by atoms with van der Waals surface area (Å²) >= 11 is 0. The van der Waals surface area contributed by atoms with Crippen molar-refractivity contribution in [2.45, 2.75) is 6.61 Å². The van der Waals surface area contributed by atoms with Gasteiger partial charge in [-0.3, -0.25) is 4.90 Å². The summed E-state index contributed by atoms with van der Waals surface area (Å²) in [4.78, 5) is 29.2. The molecular formula is C23H22N2O6. The molecule has 0 atom stereocenters. The highest BCUT2D eigenvalue weighted by molar-refractivity contribution is 6.06. The lowest BCUT2D eigenvalue weighted by molar-refractivity contribution is 0.0595. The highest BCUT2D eigenvalue weighted by atomic mass is 16.5. The van der Waals surface area contributed by atoms with Crippen LogP contribution in [0.5, 0.6) is 5.75 Å². The summed E-state index contributed by atoms with van der Waals surface area (Å²) in [6, 6.07) is 13.2. The van der Waals surface area contributed by atoms with E-state index in [1.165, 1.54) is 26.2 Å². The molecule has 0 radical (unpaired) electrons. The second-order valence-electron chi connectivity index (χ2n) is 6.92. The van der Waals surface area contributed by atoms with Crippen molar-refractivity contribution in [3.8, 4) is 5.75 Å². The number of aromatic nitrogens is 1. The predicted octanol–water partition coefficient (Wildman–Crippen LogP) is 4.11. The Morgan fingerprint density at radius 1 is 1.06 bits per heavy atom. The van der Waals surface area contributed by atoms with Crippen molar-refractivity contribution in [1.29, 1.82) is 0 Å². The number of amides is 1. The van der Waals surface area contributed by atoms with Gasteiger partial charge in [-0.25, -0.2) is 9.59 Å². The van der Waals surface area contributed by atoms with Gasteiger partial charge >= 0.3 is 12.1 Å². The normalized spacial score (nSPS) is 12.7. The van der Waals surface area contributed by atoms with E-state index in [9.17, 15) is 9.59 Å². The Morgan fingerprint density at radius 2 is 1.84 bits per heavy atom. The van der Waals surface area contributed by atoms with Gasteiger partial charge in [0.05, 0.1) is 39.1 Å². The first-order valence-electron chi connectivity index (χ1n) is 9.60. The number of methoxy groups -OCH3 is 3. The smallest absolute Gasteiger partial charge is 0.414 e. The van der Waals surface area contributed by atoms with Crippen LogP contribution in [0, 0.1) is 0 Å². The predicted molar refractivity (Wildman–Crippen MR) is 115 cm³/mol. The third-order valence-electron chi connectivity index (χ3n) is 5.11. The number of rotatable bonds is 5. The van der Waals surface area contributed by atoms with Gasteiger partial charge in [0.25, 0.3) is 0 Å². The molecule has 3 aromatic rings. The van der Waals surface area contributed by atoms with Crippen molar-refractivity contribution in [3.05, 3.63) is 65.0 Å². The minimum Gasteiger partial charge on any atom is -0.499 e. The van der Waals surface area contributed by atoms with Gasteiger partial charge in [0.2, 0.25) is 0 Å². The molecule has 1 aliphatic rings. The maximum Gasteiger partial charge on any atom is 0.414 e. The van der Waals surface area contributed by atoms with E-state index < -0.39 is 12.1 Å². The molecule has 2 heterocycles. The van der Waals surface area contributed by atoms with Gasteiger partial charge in [-0.05, 0) is 17.7 Å². The Hall–Kier alpha value is -3.94. The molecule has 1 amide bonds. The highest BCUT2D eigenvalue weighted by Crippen LogP contribution is 2.41. The number of benzene rings is 2. The zero-order chi connectivity index (χ0) is 22.0. The van der Waals surface area contributed by atoms with Crippen LogP contribution < -0.4 is 9.64 Å². The monoisotopic (exact) mass is 422 g/mol. The summed E-state index contributed by atoms with van der Waals surface area (Å²) in [5, 5.41) is 0.698. The number of carbonyl (C=O) groups is 2. The largest absolute Gasteiger partial charge is 0.499 e. The van der Waals surface area contributed by atoms with Crippen LogP contribution in [0.2, 0.25) is 0 Å². The molecule has 8 nitrogen and oxygen atoms in total. The van der Waals surface area contributed by atoms with E-state index in [-0.39, 0.29) is 12.2 Å². The molecule has 0 spiro atoms. The zero-order valence-corrected chi connectivity index (χ0v) is 17.4. The Bertz CT molecular complexity index is 1170. The lowest BCUT2D eigenvalue weighted by atomic mass is 10.0. The lowest BCUT2D eigenvalue weighted by Crippen LogP contribution is -2.35. The molecule has 1 aromatic heterocycles. The third-order valence-corrected chi connectivity index (χ3v) is 5.11. The van der Waals surface area contributed by atoms with E-state index in [1.54, 1.807) is 12.1 Å². The molecule has 8 heteroatoms. The van der Waals surface area contributed by atoms with E-state index >= 15 is 0 Å². The second-order valence-corrected chi connectivity index (χ2v) is 6.92. The molecule has 0 bridgehead atoms. The molecule has 2 aromatic carbocycles. The summed E-state index contributed by atoms with van der Waals surface area (Å²) in [6.07, 6.45) is 1.31. The molecule has 1 aliphatic heterocycles. The number of nitrogens with zero attached hydrogens (tertiary/aromatic N) is 1. The average molecular weight is 422 g/mol. The number of carbonyl (C=O) groups excluding carboxylic acids is 2. The topological polar surface area (TPSA) is 90.1 Å². The number of esters is 1. The van der Waals surface area contributed by atoms with Crippen molar-refractivity contribution >= 4 is 34.7 Å². The fourth-order valence-electron chi connectivity index (χ4n) is 3.56. The van der Waals surface area contributed by atoms with Gasteiger partial charge in [0.15, 0.2) is 0 Å². The average Bonchev–Trinajstić information content (AvgIpc) is 3.27. The Balaban J connectivity index is 1.88. The van der Waals surface area contributed by atoms with Gasteiger partial charge in [-0.15, -0.1) is 0 Å². The van der Waals surface area contributed by atoms with Crippen LogP contribution >= 0.6 is 0 Å². The minimum absolute atomic E-state index is 0.216. The molecule has 1 N–H and O–H groups in total. The van der Waals surface area contributed by atoms with E-state index in [0.717, 1.165) is 5.56 Å². The standard InChI is InChI=1S/C23H22N2O6/c1-28-15-9-16-17-10-18(22(26)29-2)24-21(17)20(31-13-14-7-5-4-6-8-14)11-19(16)25(12-15)23(27)30-3/h4-11,24H,12-13H2,1-3H3. The van der Waals surface area contributed by atoms with Crippen LogP contribution in [0.4, 0.5) is 10.5 Å². The van der Waals surface area contributed by atoms with E-state index in [2.05, 4.69) is 4.98 Å². The molecule has 0 fully saturated rings. The SMILES string of the molecule is COC(=O)c1cc2c3c(cc(OCc4ccccc4)c2[nH]1)N(C(=O)OC)CC(OC)=C3. The van der Waals surface area contributed by atoms with Gasteiger partial charge in [-0.1, -0.05) is 30.3 Å². The van der Waals surface area contributed by atoms with Crippen LogP contribution in [-0.2, 0) is 20.8 Å². The number of H-pyrrole nitrogens is 1. The van der Waals surface area contributed by atoms with Crippen LogP contribution in [-0.4, -0.2) is 44.9 Å². The van der Waals surface area contributed by atoms with Crippen molar-refractivity contribution in [3.63, 3.8) is 0 Å². The first-order chi connectivity index (χ1) is 15.0. The van der Waals surface area contributed by atoms with Crippen molar-refractivity contribution in [2.75, 3.05) is 32.8 Å². The highest BCUT2D eigenvalue weighted by Gasteiger charge is 2.29. The van der Waals surface area contributed by atoms with Crippen LogP contribution in [0.3, 0.4) is 0 Å².